The highest BCUT2D eigenvalue weighted by molar-refractivity contribution is 5.82. The molecule has 1 rings (SSSR count). The third-order valence-corrected chi connectivity index (χ3v) is 3.84. The fourth-order valence-corrected chi connectivity index (χ4v) is 2.69. The van der Waals surface area contributed by atoms with Crippen LogP contribution in [0.5, 0.6) is 0 Å². The second kappa shape index (κ2) is 8.48. The Morgan fingerprint density at radius 1 is 1.22 bits per heavy atom. The Morgan fingerprint density at radius 3 is 2.56 bits per heavy atom. The van der Waals surface area contributed by atoms with Gasteiger partial charge in [0.2, 0.25) is 5.91 Å². The molecule has 0 aromatic rings. The van der Waals surface area contributed by atoms with E-state index in [1.54, 1.807) is 7.11 Å². The summed E-state index contributed by atoms with van der Waals surface area (Å²) in [7, 11) is 1.70. The number of carbonyl (C=O) groups excluding carboxylic acids is 1. The molecule has 18 heavy (non-hydrogen) atoms. The smallest absolute Gasteiger partial charge is 0.226 e. The molecule has 0 aromatic heterocycles. The maximum absolute atomic E-state index is 12.3. The van der Waals surface area contributed by atoms with Crippen LogP contribution < -0.4 is 10.6 Å². The van der Waals surface area contributed by atoms with Crippen molar-refractivity contribution in [3.63, 3.8) is 0 Å². The summed E-state index contributed by atoms with van der Waals surface area (Å²) in [5.41, 5.74) is -0.152. The molecular formula is C14H28N2O2. The van der Waals surface area contributed by atoms with Crippen LogP contribution in [0.4, 0.5) is 0 Å². The first-order valence-electron chi connectivity index (χ1n) is 7.23. The lowest BCUT2D eigenvalue weighted by Crippen LogP contribution is -2.42. The van der Waals surface area contributed by atoms with E-state index >= 15 is 0 Å². The van der Waals surface area contributed by atoms with Crippen molar-refractivity contribution in [2.75, 3.05) is 33.4 Å². The van der Waals surface area contributed by atoms with E-state index in [2.05, 4.69) is 17.6 Å². The van der Waals surface area contributed by atoms with Crippen molar-refractivity contribution in [2.24, 2.45) is 5.41 Å². The van der Waals surface area contributed by atoms with E-state index in [0.29, 0.717) is 6.61 Å². The second-order valence-corrected chi connectivity index (χ2v) is 5.24. The normalized spacial score (nSPS) is 17.9. The lowest BCUT2D eigenvalue weighted by molar-refractivity contribution is -0.131. The Hall–Kier alpha value is -0.610. The van der Waals surface area contributed by atoms with Gasteiger partial charge in [0.1, 0.15) is 0 Å². The molecule has 0 aromatic carbocycles. The zero-order chi connectivity index (χ0) is 13.3. The second-order valence-electron chi connectivity index (χ2n) is 5.24. The molecule has 1 fully saturated rings. The summed E-state index contributed by atoms with van der Waals surface area (Å²) >= 11 is 0. The molecule has 1 amide bonds. The lowest BCUT2D eigenvalue weighted by Gasteiger charge is -2.27. The molecule has 2 N–H and O–H groups in total. The van der Waals surface area contributed by atoms with Crippen molar-refractivity contribution >= 4 is 5.91 Å². The maximum Gasteiger partial charge on any atom is 0.226 e. The molecule has 0 spiro atoms. The summed E-state index contributed by atoms with van der Waals surface area (Å²) in [6.07, 6.45) is 6.37. The van der Waals surface area contributed by atoms with Gasteiger partial charge in [0.25, 0.3) is 0 Å². The highest BCUT2D eigenvalue weighted by atomic mass is 16.5. The lowest BCUT2D eigenvalue weighted by atomic mass is 9.82. The Balaban J connectivity index is 2.31. The first-order valence-corrected chi connectivity index (χ1v) is 7.23. The molecular weight excluding hydrogens is 228 g/mol. The van der Waals surface area contributed by atoms with Gasteiger partial charge in [-0.25, -0.2) is 0 Å². The molecule has 0 heterocycles. The van der Waals surface area contributed by atoms with E-state index < -0.39 is 0 Å². The topological polar surface area (TPSA) is 50.4 Å². The van der Waals surface area contributed by atoms with Crippen molar-refractivity contribution < 1.29 is 9.53 Å². The first-order chi connectivity index (χ1) is 8.75. The summed E-state index contributed by atoms with van der Waals surface area (Å²) in [4.78, 5) is 12.3. The summed E-state index contributed by atoms with van der Waals surface area (Å²) in [6.45, 7) is 5.43. The molecule has 0 unspecified atom stereocenters. The summed E-state index contributed by atoms with van der Waals surface area (Å²) in [5, 5.41) is 6.37. The molecule has 0 bridgehead atoms. The van der Waals surface area contributed by atoms with Crippen LogP contribution in [-0.4, -0.2) is 39.3 Å². The summed E-state index contributed by atoms with van der Waals surface area (Å²) in [6, 6.07) is 0. The van der Waals surface area contributed by atoms with Gasteiger partial charge in [0.15, 0.2) is 0 Å². The van der Waals surface area contributed by atoms with E-state index in [4.69, 9.17) is 4.74 Å². The molecule has 4 heteroatoms. The number of hydrogen-bond acceptors (Lipinski definition) is 3. The fourth-order valence-electron chi connectivity index (χ4n) is 2.69. The number of carbonyl (C=O) groups is 1. The van der Waals surface area contributed by atoms with Crippen molar-refractivity contribution in [3.05, 3.63) is 0 Å². The van der Waals surface area contributed by atoms with Crippen LogP contribution in [0.3, 0.4) is 0 Å². The van der Waals surface area contributed by atoms with Crippen LogP contribution in [0.15, 0.2) is 0 Å². The van der Waals surface area contributed by atoms with Crippen LogP contribution in [-0.2, 0) is 9.53 Å². The quantitative estimate of drug-likeness (QED) is 0.617. The van der Waals surface area contributed by atoms with Gasteiger partial charge >= 0.3 is 0 Å². The van der Waals surface area contributed by atoms with Crippen molar-refractivity contribution in [2.45, 2.75) is 45.4 Å². The van der Waals surface area contributed by atoms with Gasteiger partial charge in [-0.05, 0) is 32.2 Å². The van der Waals surface area contributed by atoms with E-state index in [-0.39, 0.29) is 11.3 Å². The number of hydrogen-bond donors (Lipinski definition) is 2. The summed E-state index contributed by atoms with van der Waals surface area (Å²) in [5.74, 6) is 0.232. The Labute approximate surface area is 111 Å². The van der Waals surface area contributed by atoms with Gasteiger partial charge < -0.3 is 15.4 Å². The summed E-state index contributed by atoms with van der Waals surface area (Å²) < 4.78 is 5.14. The van der Waals surface area contributed by atoms with Gasteiger partial charge in [-0.2, -0.15) is 0 Å². The molecule has 0 aliphatic heterocycles. The van der Waals surface area contributed by atoms with Crippen LogP contribution in [0, 0.1) is 5.41 Å². The Kier molecular flexibility index (Phi) is 7.28. The van der Waals surface area contributed by atoms with Gasteiger partial charge in [0.05, 0.1) is 5.41 Å². The van der Waals surface area contributed by atoms with Gasteiger partial charge in [-0.1, -0.05) is 19.8 Å². The number of amides is 1. The molecule has 106 valence electrons. The largest absolute Gasteiger partial charge is 0.385 e. The molecule has 4 nitrogen and oxygen atoms in total. The number of nitrogens with one attached hydrogen (secondary N) is 2. The van der Waals surface area contributed by atoms with Crippen molar-refractivity contribution in [1.82, 2.24) is 10.6 Å². The van der Waals surface area contributed by atoms with Gasteiger partial charge in [-0.15, -0.1) is 0 Å². The highest BCUT2D eigenvalue weighted by Crippen LogP contribution is 2.41. The molecule has 0 atom stereocenters. The third kappa shape index (κ3) is 4.58. The molecule has 0 saturated heterocycles. The van der Waals surface area contributed by atoms with Crippen LogP contribution in [0.1, 0.15) is 45.4 Å². The number of ether oxygens (including phenoxy) is 1. The van der Waals surface area contributed by atoms with Gasteiger partial charge in [0, 0.05) is 26.8 Å². The van der Waals surface area contributed by atoms with Crippen LogP contribution in [0.2, 0.25) is 0 Å². The average molecular weight is 256 g/mol. The van der Waals surface area contributed by atoms with Gasteiger partial charge in [-0.3, -0.25) is 4.79 Å². The molecule has 1 aliphatic carbocycles. The zero-order valence-electron chi connectivity index (χ0n) is 11.9. The average Bonchev–Trinajstić information content (AvgIpc) is 2.86. The van der Waals surface area contributed by atoms with E-state index in [9.17, 15) is 4.79 Å². The van der Waals surface area contributed by atoms with E-state index in [1.807, 2.05) is 0 Å². The SMILES string of the molecule is CCCNCCNC(=O)C1(CCOC)CCCC1. The fraction of sp³-hybridized carbons (Fsp3) is 0.929. The number of methoxy groups -OCH3 is 1. The minimum absolute atomic E-state index is 0.152. The molecule has 0 radical (unpaired) electrons. The van der Waals surface area contributed by atoms with Crippen molar-refractivity contribution in [3.8, 4) is 0 Å². The van der Waals surface area contributed by atoms with E-state index in [1.165, 1.54) is 12.8 Å². The highest BCUT2D eigenvalue weighted by Gasteiger charge is 2.40. The Bertz CT molecular complexity index is 238. The first kappa shape index (κ1) is 15.4. The monoisotopic (exact) mass is 256 g/mol. The maximum atomic E-state index is 12.3. The molecule has 1 saturated carbocycles. The minimum Gasteiger partial charge on any atom is -0.385 e. The third-order valence-electron chi connectivity index (χ3n) is 3.84. The number of rotatable bonds is 9. The predicted octanol–water partition coefficient (Wildman–Crippen LogP) is 1.70. The van der Waals surface area contributed by atoms with E-state index in [0.717, 1.165) is 45.3 Å². The zero-order valence-corrected chi connectivity index (χ0v) is 11.9. The molecule has 1 aliphatic rings. The van der Waals surface area contributed by atoms with Crippen LogP contribution in [0.25, 0.3) is 0 Å². The standard InChI is InChI=1S/C14H28N2O2/c1-3-9-15-10-11-16-13(17)14(8-12-18-2)6-4-5-7-14/h15H,3-12H2,1-2H3,(H,16,17). The van der Waals surface area contributed by atoms with Crippen molar-refractivity contribution in [1.29, 1.82) is 0 Å². The minimum atomic E-state index is -0.152. The Morgan fingerprint density at radius 2 is 1.94 bits per heavy atom. The predicted molar refractivity (Wildman–Crippen MR) is 73.6 cm³/mol. The van der Waals surface area contributed by atoms with Crippen LogP contribution >= 0.6 is 0 Å².